The maximum atomic E-state index is 12.5. The van der Waals surface area contributed by atoms with E-state index >= 15 is 0 Å². The molecule has 0 heterocycles. The van der Waals surface area contributed by atoms with E-state index in [1.165, 1.54) is 12.1 Å². The fourth-order valence-electron chi connectivity index (χ4n) is 2.75. The van der Waals surface area contributed by atoms with Crippen LogP contribution >= 0.6 is 11.6 Å². The van der Waals surface area contributed by atoms with Gasteiger partial charge in [0.25, 0.3) is 5.91 Å². The number of rotatable bonds is 8. The number of benzene rings is 2. The van der Waals surface area contributed by atoms with Gasteiger partial charge < -0.3 is 10.6 Å². The summed E-state index contributed by atoms with van der Waals surface area (Å²) in [5.41, 5.74) is 1.63. The summed E-state index contributed by atoms with van der Waals surface area (Å²) in [5.74, 6) is -0.156. The minimum Gasteiger partial charge on any atom is -0.330 e. The quantitative estimate of drug-likeness (QED) is 0.608. The average Bonchev–Trinajstić information content (AvgIpc) is 2.61. The normalized spacial score (nSPS) is 13.9. The molecule has 0 unspecified atom stereocenters. The molecule has 2 aromatic rings. The second-order valence-corrected chi connectivity index (χ2v) is 9.26. The first kappa shape index (κ1) is 22.4. The molecule has 0 spiro atoms. The van der Waals surface area contributed by atoms with Gasteiger partial charge >= 0.3 is 0 Å². The third-order valence-corrected chi connectivity index (χ3v) is 6.14. The highest BCUT2D eigenvalue weighted by molar-refractivity contribution is 7.89. The van der Waals surface area contributed by atoms with Crippen molar-refractivity contribution in [3.8, 4) is 0 Å². The van der Waals surface area contributed by atoms with Crippen molar-refractivity contribution in [1.82, 2.24) is 4.72 Å². The lowest BCUT2D eigenvalue weighted by atomic mass is 10.1. The van der Waals surface area contributed by atoms with Crippen LogP contribution < -0.4 is 15.4 Å². The Morgan fingerprint density at radius 2 is 1.54 bits per heavy atom. The lowest BCUT2D eigenvalue weighted by molar-refractivity contribution is -0.709. The van der Waals surface area contributed by atoms with Gasteiger partial charge in [-0.2, -0.15) is 0 Å². The van der Waals surface area contributed by atoms with Crippen molar-refractivity contribution in [3.63, 3.8) is 0 Å². The molecular formula is C20H27ClN3O3S+. The molecule has 4 N–H and O–H groups in total. The lowest BCUT2D eigenvalue weighted by Gasteiger charge is -2.17. The van der Waals surface area contributed by atoms with Gasteiger partial charge in [-0.05, 0) is 64.1 Å². The first-order valence-corrected chi connectivity index (χ1v) is 11.0. The standard InChI is InChI=1S/C20H26ClN3O3S/c1-13(2)24-28(26,27)19-11-9-18(10-12-19)23-20(25)15(4)22-14(3)16-5-7-17(21)8-6-16/h5-15,22,24H,1-4H3,(H,23,25)/p+1/t14-,15+/m1/s1. The number of hydrogen-bond acceptors (Lipinski definition) is 3. The second-order valence-electron chi connectivity index (χ2n) is 7.11. The minimum atomic E-state index is -3.55. The van der Waals surface area contributed by atoms with E-state index in [1.54, 1.807) is 26.0 Å². The summed E-state index contributed by atoms with van der Waals surface area (Å²) < 4.78 is 26.8. The van der Waals surface area contributed by atoms with Crippen LogP contribution in [-0.2, 0) is 14.8 Å². The predicted molar refractivity (Wildman–Crippen MR) is 112 cm³/mol. The van der Waals surface area contributed by atoms with E-state index in [0.29, 0.717) is 10.7 Å². The number of amides is 1. The van der Waals surface area contributed by atoms with Crippen molar-refractivity contribution in [2.75, 3.05) is 5.32 Å². The van der Waals surface area contributed by atoms with E-state index < -0.39 is 10.0 Å². The molecule has 0 radical (unpaired) electrons. The van der Waals surface area contributed by atoms with Crippen LogP contribution in [0.3, 0.4) is 0 Å². The first-order chi connectivity index (χ1) is 13.1. The maximum Gasteiger partial charge on any atom is 0.282 e. The molecule has 0 saturated carbocycles. The second kappa shape index (κ2) is 9.52. The van der Waals surface area contributed by atoms with Crippen molar-refractivity contribution in [2.24, 2.45) is 0 Å². The molecule has 152 valence electrons. The number of sulfonamides is 1. The Labute approximate surface area is 171 Å². The summed E-state index contributed by atoms with van der Waals surface area (Å²) >= 11 is 5.91. The average molecular weight is 425 g/mol. The molecule has 8 heteroatoms. The van der Waals surface area contributed by atoms with Crippen LogP contribution in [0.2, 0.25) is 5.02 Å². The Bertz CT molecular complexity index is 897. The summed E-state index contributed by atoms with van der Waals surface area (Å²) in [6, 6.07) is 13.2. The van der Waals surface area contributed by atoms with Crippen molar-refractivity contribution in [1.29, 1.82) is 0 Å². The number of quaternary nitrogens is 1. The molecule has 6 nitrogen and oxygen atoms in total. The summed E-state index contributed by atoms with van der Waals surface area (Å²) in [5, 5.41) is 5.46. The largest absolute Gasteiger partial charge is 0.330 e. The molecular weight excluding hydrogens is 398 g/mol. The van der Waals surface area contributed by atoms with Gasteiger partial charge in [0.2, 0.25) is 10.0 Å². The molecule has 2 rings (SSSR count). The van der Waals surface area contributed by atoms with Crippen molar-refractivity contribution < 1.29 is 18.5 Å². The van der Waals surface area contributed by atoms with Crippen LogP contribution in [-0.4, -0.2) is 26.4 Å². The van der Waals surface area contributed by atoms with Crippen molar-refractivity contribution in [3.05, 3.63) is 59.1 Å². The van der Waals surface area contributed by atoms with Crippen LogP contribution in [0.5, 0.6) is 0 Å². The molecule has 0 aliphatic rings. The van der Waals surface area contributed by atoms with E-state index in [2.05, 4.69) is 10.0 Å². The molecule has 0 aliphatic carbocycles. The highest BCUT2D eigenvalue weighted by Gasteiger charge is 2.21. The van der Waals surface area contributed by atoms with Crippen LogP contribution in [0.4, 0.5) is 5.69 Å². The Morgan fingerprint density at radius 3 is 2.07 bits per heavy atom. The third-order valence-electron chi connectivity index (χ3n) is 4.21. The van der Waals surface area contributed by atoms with E-state index in [-0.39, 0.29) is 28.9 Å². The summed E-state index contributed by atoms with van der Waals surface area (Å²) in [6.45, 7) is 7.37. The third kappa shape index (κ3) is 6.31. The van der Waals surface area contributed by atoms with Crippen LogP contribution in [0.15, 0.2) is 53.4 Å². The number of nitrogens with one attached hydrogen (secondary N) is 2. The Kier molecular flexibility index (Phi) is 7.60. The maximum absolute atomic E-state index is 12.5. The minimum absolute atomic E-state index is 0.0904. The smallest absolute Gasteiger partial charge is 0.282 e. The van der Waals surface area contributed by atoms with Crippen molar-refractivity contribution in [2.45, 2.75) is 50.7 Å². The number of carbonyl (C=O) groups is 1. The molecule has 0 fully saturated rings. The fourth-order valence-corrected chi connectivity index (χ4v) is 4.13. The number of hydrogen-bond donors (Lipinski definition) is 3. The zero-order valence-electron chi connectivity index (χ0n) is 16.4. The fraction of sp³-hybridized carbons (Fsp3) is 0.350. The van der Waals surface area contributed by atoms with Gasteiger partial charge in [0.15, 0.2) is 6.04 Å². The van der Waals surface area contributed by atoms with Crippen molar-refractivity contribution >= 4 is 33.2 Å². The van der Waals surface area contributed by atoms with E-state index in [1.807, 2.05) is 43.4 Å². The zero-order valence-corrected chi connectivity index (χ0v) is 18.0. The van der Waals surface area contributed by atoms with Gasteiger partial charge in [-0.1, -0.05) is 23.7 Å². The lowest BCUT2D eigenvalue weighted by Crippen LogP contribution is -2.91. The van der Waals surface area contributed by atoms with E-state index in [9.17, 15) is 13.2 Å². The van der Waals surface area contributed by atoms with Gasteiger partial charge in [0.05, 0.1) is 4.90 Å². The van der Waals surface area contributed by atoms with Crippen LogP contribution in [0.25, 0.3) is 0 Å². The highest BCUT2D eigenvalue weighted by Crippen LogP contribution is 2.15. The van der Waals surface area contributed by atoms with E-state index in [4.69, 9.17) is 11.6 Å². The molecule has 28 heavy (non-hydrogen) atoms. The molecule has 2 atom stereocenters. The SMILES string of the molecule is CC(C)NS(=O)(=O)c1ccc(NC(=O)[C@H](C)[NH2+][C@H](C)c2ccc(Cl)cc2)cc1. The summed E-state index contributed by atoms with van der Waals surface area (Å²) in [7, 11) is -3.55. The van der Waals surface area contributed by atoms with Gasteiger partial charge in [-0.3, -0.25) is 4.79 Å². The molecule has 0 aliphatic heterocycles. The Balaban J connectivity index is 1.97. The van der Waals surface area contributed by atoms with Gasteiger partial charge in [-0.15, -0.1) is 0 Å². The predicted octanol–water partition coefficient (Wildman–Crippen LogP) is 2.68. The summed E-state index contributed by atoms with van der Waals surface area (Å²) in [4.78, 5) is 12.6. The molecule has 0 bridgehead atoms. The number of anilines is 1. The monoisotopic (exact) mass is 424 g/mol. The first-order valence-electron chi connectivity index (χ1n) is 9.12. The molecule has 0 aromatic heterocycles. The number of nitrogens with two attached hydrogens (primary N) is 1. The molecule has 0 saturated heterocycles. The Morgan fingerprint density at radius 1 is 0.964 bits per heavy atom. The topological polar surface area (TPSA) is 91.9 Å². The van der Waals surface area contributed by atoms with Crippen LogP contribution in [0.1, 0.15) is 39.3 Å². The van der Waals surface area contributed by atoms with Gasteiger partial charge in [0.1, 0.15) is 6.04 Å². The van der Waals surface area contributed by atoms with Gasteiger partial charge in [0, 0.05) is 22.3 Å². The summed E-state index contributed by atoms with van der Waals surface area (Å²) in [6.07, 6.45) is 0. The number of halogens is 1. The molecule has 1 amide bonds. The number of carbonyl (C=O) groups excluding carboxylic acids is 1. The van der Waals surface area contributed by atoms with Crippen LogP contribution in [0, 0.1) is 0 Å². The highest BCUT2D eigenvalue weighted by atomic mass is 35.5. The van der Waals surface area contributed by atoms with Gasteiger partial charge in [-0.25, -0.2) is 13.1 Å². The Hall–Kier alpha value is -1.93. The zero-order chi connectivity index (χ0) is 20.9. The molecule has 2 aromatic carbocycles. The van der Waals surface area contributed by atoms with E-state index in [0.717, 1.165) is 5.56 Å².